The topological polar surface area (TPSA) is 43.8 Å². The first-order chi connectivity index (χ1) is 8.27. The van der Waals surface area contributed by atoms with Crippen LogP contribution in [0.15, 0.2) is 24.3 Å². The van der Waals surface area contributed by atoms with E-state index < -0.39 is 0 Å². The van der Waals surface area contributed by atoms with Crippen molar-refractivity contribution in [2.75, 3.05) is 0 Å². The zero-order valence-electron chi connectivity index (χ0n) is 10.7. The molecule has 2 rings (SSSR count). The van der Waals surface area contributed by atoms with Crippen LogP contribution in [0.3, 0.4) is 0 Å². The summed E-state index contributed by atoms with van der Waals surface area (Å²) < 4.78 is 2.28. The Kier molecular flexibility index (Phi) is 3.79. The van der Waals surface area contributed by atoms with E-state index in [1.807, 2.05) is 6.07 Å². The Hall–Kier alpha value is -1.35. The number of para-hydroxylation sites is 2. The second-order valence-corrected chi connectivity index (χ2v) is 4.48. The number of nitrogens with two attached hydrogens (primary N) is 1. The van der Waals surface area contributed by atoms with E-state index in [1.54, 1.807) is 0 Å². The van der Waals surface area contributed by atoms with E-state index in [9.17, 15) is 0 Å². The molecule has 0 aliphatic carbocycles. The first-order valence-electron chi connectivity index (χ1n) is 6.48. The van der Waals surface area contributed by atoms with Crippen LogP contribution in [-0.4, -0.2) is 9.55 Å². The second-order valence-electron chi connectivity index (χ2n) is 4.48. The Morgan fingerprint density at radius 1 is 1.29 bits per heavy atom. The lowest BCUT2D eigenvalue weighted by Crippen LogP contribution is -2.16. The summed E-state index contributed by atoms with van der Waals surface area (Å²) in [6, 6.07) is 8.32. The van der Waals surface area contributed by atoms with E-state index in [1.165, 1.54) is 18.4 Å². The van der Waals surface area contributed by atoms with Crippen LogP contribution < -0.4 is 5.73 Å². The molecule has 0 aliphatic rings. The minimum Gasteiger partial charge on any atom is -0.327 e. The van der Waals surface area contributed by atoms with E-state index >= 15 is 0 Å². The molecule has 0 fully saturated rings. The summed E-state index contributed by atoms with van der Waals surface area (Å²) in [6.45, 7) is 5.33. The quantitative estimate of drug-likeness (QED) is 0.858. The number of benzene rings is 1. The minimum atomic E-state index is 0.0410. The molecule has 0 saturated carbocycles. The van der Waals surface area contributed by atoms with Gasteiger partial charge in [-0.05, 0) is 25.0 Å². The molecule has 0 amide bonds. The van der Waals surface area contributed by atoms with E-state index in [4.69, 9.17) is 5.73 Å². The molecule has 0 spiro atoms. The number of aryl methyl sites for hydroxylation is 1. The summed E-state index contributed by atoms with van der Waals surface area (Å²) in [5, 5.41) is 0. The van der Waals surface area contributed by atoms with Gasteiger partial charge in [-0.1, -0.05) is 32.4 Å². The predicted molar refractivity (Wildman–Crippen MR) is 71.9 cm³/mol. The zero-order chi connectivity index (χ0) is 12.3. The van der Waals surface area contributed by atoms with Crippen LogP contribution in [0.4, 0.5) is 0 Å². The molecule has 0 aliphatic heterocycles. The van der Waals surface area contributed by atoms with Gasteiger partial charge in [0, 0.05) is 6.54 Å². The number of imidazole rings is 1. The summed E-state index contributed by atoms with van der Waals surface area (Å²) >= 11 is 0. The number of aromatic nitrogens is 2. The number of unbranched alkanes of at least 4 members (excludes halogenated alkanes) is 1. The number of hydrogen-bond donors (Lipinski definition) is 1. The first kappa shape index (κ1) is 12.1. The number of nitrogens with zero attached hydrogens (tertiary/aromatic N) is 2. The maximum Gasteiger partial charge on any atom is 0.126 e. The van der Waals surface area contributed by atoms with Gasteiger partial charge in [0.15, 0.2) is 0 Å². The Morgan fingerprint density at radius 2 is 2.06 bits per heavy atom. The lowest BCUT2D eigenvalue weighted by atomic mass is 10.2. The van der Waals surface area contributed by atoms with E-state index in [0.29, 0.717) is 0 Å². The Balaban J connectivity index is 2.48. The maximum absolute atomic E-state index is 6.15. The molecule has 1 aromatic carbocycles. The SMILES string of the molecule is CCCCn1c(C(N)CC)nc2ccccc21. The zero-order valence-corrected chi connectivity index (χ0v) is 10.7. The highest BCUT2D eigenvalue weighted by atomic mass is 15.1. The standard InChI is InChI=1S/C14H21N3/c1-3-5-10-17-13-9-7-6-8-12(13)16-14(17)11(15)4-2/h6-9,11H,3-5,10,15H2,1-2H3. The summed E-state index contributed by atoms with van der Waals surface area (Å²) in [7, 11) is 0. The van der Waals surface area contributed by atoms with Crippen molar-refractivity contribution in [2.45, 2.75) is 45.7 Å². The van der Waals surface area contributed by atoms with Crippen molar-refractivity contribution in [3.05, 3.63) is 30.1 Å². The van der Waals surface area contributed by atoms with E-state index in [2.05, 4.69) is 41.6 Å². The average molecular weight is 231 g/mol. The van der Waals surface area contributed by atoms with Crippen LogP contribution in [0.2, 0.25) is 0 Å². The molecular formula is C14H21N3. The molecule has 17 heavy (non-hydrogen) atoms. The molecule has 1 heterocycles. The van der Waals surface area contributed by atoms with Crippen molar-refractivity contribution >= 4 is 11.0 Å². The Morgan fingerprint density at radius 3 is 2.76 bits per heavy atom. The van der Waals surface area contributed by atoms with Gasteiger partial charge in [0.1, 0.15) is 5.82 Å². The fraction of sp³-hybridized carbons (Fsp3) is 0.500. The minimum absolute atomic E-state index is 0.0410. The monoisotopic (exact) mass is 231 g/mol. The molecule has 0 radical (unpaired) electrons. The average Bonchev–Trinajstić information content (AvgIpc) is 2.74. The van der Waals surface area contributed by atoms with Crippen molar-refractivity contribution in [1.82, 2.24) is 9.55 Å². The molecule has 2 N–H and O–H groups in total. The largest absolute Gasteiger partial charge is 0.327 e. The summed E-state index contributed by atoms with van der Waals surface area (Å²) in [4.78, 5) is 4.67. The van der Waals surface area contributed by atoms with Crippen molar-refractivity contribution in [3.63, 3.8) is 0 Å². The summed E-state index contributed by atoms with van der Waals surface area (Å²) in [5.41, 5.74) is 8.41. The maximum atomic E-state index is 6.15. The summed E-state index contributed by atoms with van der Waals surface area (Å²) in [5.74, 6) is 1.03. The number of rotatable bonds is 5. The van der Waals surface area contributed by atoms with Crippen LogP contribution in [-0.2, 0) is 6.54 Å². The molecule has 0 saturated heterocycles. The molecule has 3 heteroatoms. The van der Waals surface area contributed by atoms with Gasteiger partial charge in [-0.15, -0.1) is 0 Å². The highest BCUT2D eigenvalue weighted by Crippen LogP contribution is 2.21. The van der Waals surface area contributed by atoms with Crippen molar-refractivity contribution < 1.29 is 0 Å². The van der Waals surface area contributed by atoms with Crippen molar-refractivity contribution in [1.29, 1.82) is 0 Å². The van der Waals surface area contributed by atoms with Crippen LogP contribution in [0.1, 0.15) is 45.0 Å². The fourth-order valence-corrected chi connectivity index (χ4v) is 2.11. The first-order valence-corrected chi connectivity index (χ1v) is 6.48. The summed E-state index contributed by atoms with van der Waals surface area (Å²) in [6.07, 6.45) is 3.28. The van der Waals surface area contributed by atoms with Gasteiger partial charge in [0.25, 0.3) is 0 Å². The third-order valence-corrected chi connectivity index (χ3v) is 3.19. The molecule has 92 valence electrons. The second kappa shape index (κ2) is 5.32. The van der Waals surface area contributed by atoms with Gasteiger partial charge in [-0.2, -0.15) is 0 Å². The van der Waals surface area contributed by atoms with E-state index in [-0.39, 0.29) is 6.04 Å². The Labute approximate surface area is 103 Å². The van der Waals surface area contributed by atoms with Crippen molar-refractivity contribution in [2.24, 2.45) is 5.73 Å². The van der Waals surface area contributed by atoms with Crippen LogP contribution in [0.25, 0.3) is 11.0 Å². The predicted octanol–water partition coefficient (Wildman–Crippen LogP) is 3.25. The third kappa shape index (κ3) is 2.34. The van der Waals surface area contributed by atoms with Gasteiger partial charge in [0.05, 0.1) is 17.1 Å². The third-order valence-electron chi connectivity index (χ3n) is 3.19. The van der Waals surface area contributed by atoms with Gasteiger partial charge in [0.2, 0.25) is 0 Å². The lowest BCUT2D eigenvalue weighted by molar-refractivity contribution is 0.560. The molecule has 2 aromatic rings. The van der Waals surface area contributed by atoms with Gasteiger partial charge in [-0.25, -0.2) is 4.98 Å². The smallest absolute Gasteiger partial charge is 0.126 e. The molecule has 3 nitrogen and oxygen atoms in total. The number of fused-ring (bicyclic) bond motifs is 1. The van der Waals surface area contributed by atoms with Crippen LogP contribution in [0, 0.1) is 0 Å². The highest BCUT2D eigenvalue weighted by Gasteiger charge is 2.14. The molecule has 1 atom stereocenters. The van der Waals surface area contributed by atoms with Gasteiger partial charge >= 0.3 is 0 Å². The van der Waals surface area contributed by atoms with Crippen LogP contribution in [0.5, 0.6) is 0 Å². The Bertz CT molecular complexity index is 487. The van der Waals surface area contributed by atoms with Gasteiger partial charge < -0.3 is 10.3 Å². The van der Waals surface area contributed by atoms with Gasteiger partial charge in [-0.3, -0.25) is 0 Å². The fourth-order valence-electron chi connectivity index (χ4n) is 2.11. The normalized spacial score (nSPS) is 13.1. The highest BCUT2D eigenvalue weighted by molar-refractivity contribution is 5.76. The lowest BCUT2D eigenvalue weighted by Gasteiger charge is -2.12. The molecule has 0 bridgehead atoms. The van der Waals surface area contributed by atoms with Crippen LogP contribution >= 0.6 is 0 Å². The molecular weight excluding hydrogens is 210 g/mol. The van der Waals surface area contributed by atoms with E-state index in [0.717, 1.165) is 24.3 Å². The molecule has 1 unspecified atom stereocenters. The van der Waals surface area contributed by atoms with Crippen molar-refractivity contribution in [3.8, 4) is 0 Å². The molecule has 1 aromatic heterocycles. The number of hydrogen-bond acceptors (Lipinski definition) is 2.